The first-order valence-corrected chi connectivity index (χ1v) is 6.55. The average molecular weight is 286 g/mol. The lowest BCUT2D eigenvalue weighted by Crippen LogP contribution is -2.11. The average Bonchev–Trinajstić information content (AvgIpc) is 2.62. The van der Waals surface area contributed by atoms with E-state index in [0.717, 1.165) is 15.6 Å². The fourth-order valence-electron chi connectivity index (χ4n) is 1.91. The molecule has 0 saturated carbocycles. The van der Waals surface area contributed by atoms with Crippen molar-refractivity contribution in [3.63, 3.8) is 0 Å². The standard InChI is InChI=1S/C13H13F3N2S/c1-6(12-7(2)19-8(3)18-12)17-13-10(15)4-9(14)5-11(13)16/h4-6,17H,1-3H3. The number of halogens is 3. The van der Waals surface area contributed by atoms with Gasteiger partial charge in [0.05, 0.1) is 16.7 Å². The van der Waals surface area contributed by atoms with Gasteiger partial charge in [0.2, 0.25) is 0 Å². The Kier molecular flexibility index (Phi) is 3.80. The van der Waals surface area contributed by atoms with Gasteiger partial charge in [0, 0.05) is 17.0 Å². The second-order valence-corrected chi connectivity index (χ2v) is 5.69. The first-order chi connectivity index (χ1) is 8.88. The highest BCUT2D eigenvalue weighted by Crippen LogP contribution is 2.28. The van der Waals surface area contributed by atoms with E-state index in [-0.39, 0.29) is 11.7 Å². The summed E-state index contributed by atoms with van der Waals surface area (Å²) in [5.41, 5.74) is 0.407. The van der Waals surface area contributed by atoms with Gasteiger partial charge >= 0.3 is 0 Å². The van der Waals surface area contributed by atoms with Gasteiger partial charge in [-0.25, -0.2) is 18.2 Å². The highest BCUT2D eigenvalue weighted by molar-refractivity contribution is 7.11. The summed E-state index contributed by atoms with van der Waals surface area (Å²) in [6, 6.07) is 0.939. The topological polar surface area (TPSA) is 24.9 Å². The Morgan fingerprint density at radius 2 is 1.74 bits per heavy atom. The van der Waals surface area contributed by atoms with Gasteiger partial charge in [0.1, 0.15) is 11.5 Å². The Bertz CT molecular complexity index is 587. The highest BCUT2D eigenvalue weighted by atomic mass is 32.1. The van der Waals surface area contributed by atoms with Crippen molar-refractivity contribution in [2.24, 2.45) is 0 Å². The number of benzene rings is 1. The maximum absolute atomic E-state index is 13.5. The number of nitrogens with zero attached hydrogens (tertiary/aromatic N) is 1. The number of nitrogens with one attached hydrogen (secondary N) is 1. The summed E-state index contributed by atoms with van der Waals surface area (Å²) < 4.78 is 39.9. The first-order valence-electron chi connectivity index (χ1n) is 5.73. The van der Waals surface area contributed by atoms with E-state index in [0.29, 0.717) is 12.1 Å². The van der Waals surface area contributed by atoms with Crippen LogP contribution in [0.4, 0.5) is 18.9 Å². The Morgan fingerprint density at radius 3 is 2.21 bits per heavy atom. The predicted octanol–water partition coefficient (Wildman–Crippen LogP) is 4.35. The Morgan fingerprint density at radius 1 is 1.16 bits per heavy atom. The second-order valence-electron chi connectivity index (χ2n) is 4.28. The zero-order chi connectivity index (χ0) is 14.2. The van der Waals surface area contributed by atoms with Gasteiger partial charge in [-0.15, -0.1) is 11.3 Å². The van der Waals surface area contributed by atoms with Crippen LogP contribution in [0, 0.1) is 31.3 Å². The van der Waals surface area contributed by atoms with Crippen LogP contribution in [0.25, 0.3) is 0 Å². The molecule has 1 heterocycles. The lowest BCUT2D eigenvalue weighted by atomic mass is 10.2. The molecular weight excluding hydrogens is 273 g/mol. The summed E-state index contributed by atoms with van der Waals surface area (Å²) in [6.07, 6.45) is 0. The maximum atomic E-state index is 13.5. The van der Waals surface area contributed by atoms with E-state index in [1.807, 2.05) is 13.8 Å². The normalized spacial score (nSPS) is 12.5. The summed E-state index contributed by atoms with van der Waals surface area (Å²) in [5.74, 6) is -2.84. The van der Waals surface area contributed by atoms with Crippen molar-refractivity contribution >= 4 is 17.0 Å². The molecule has 0 aliphatic rings. The predicted molar refractivity (Wildman–Crippen MR) is 69.9 cm³/mol. The fourth-order valence-corrected chi connectivity index (χ4v) is 2.83. The van der Waals surface area contributed by atoms with Gasteiger partial charge in [0.25, 0.3) is 0 Å². The van der Waals surface area contributed by atoms with Gasteiger partial charge < -0.3 is 5.32 Å². The minimum Gasteiger partial charge on any atom is -0.372 e. The molecule has 0 aliphatic heterocycles. The largest absolute Gasteiger partial charge is 0.372 e. The van der Waals surface area contributed by atoms with Crippen molar-refractivity contribution in [3.05, 3.63) is 45.2 Å². The molecule has 2 aromatic rings. The summed E-state index contributed by atoms with van der Waals surface area (Å²) in [5, 5.41) is 3.59. The summed E-state index contributed by atoms with van der Waals surface area (Å²) in [7, 11) is 0. The Hall–Kier alpha value is -1.56. The molecule has 0 fully saturated rings. The third kappa shape index (κ3) is 2.89. The van der Waals surface area contributed by atoms with E-state index >= 15 is 0 Å². The molecule has 19 heavy (non-hydrogen) atoms. The van der Waals surface area contributed by atoms with Crippen molar-refractivity contribution in [1.82, 2.24) is 4.98 Å². The fraction of sp³-hybridized carbons (Fsp3) is 0.308. The highest BCUT2D eigenvalue weighted by Gasteiger charge is 2.18. The molecule has 1 atom stereocenters. The maximum Gasteiger partial charge on any atom is 0.152 e. The molecule has 2 nitrogen and oxygen atoms in total. The first kappa shape index (κ1) is 13.9. The van der Waals surface area contributed by atoms with E-state index in [9.17, 15) is 13.2 Å². The number of anilines is 1. The van der Waals surface area contributed by atoms with Crippen LogP contribution >= 0.6 is 11.3 Å². The third-order valence-corrected chi connectivity index (χ3v) is 3.62. The molecule has 102 valence electrons. The lowest BCUT2D eigenvalue weighted by Gasteiger charge is -2.15. The quantitative estimate of drug-likeness (QED) is 0.907. The number of rotatable bonds is 3. The lowest BCUT2D eigenvalue weighted by molar-refractivity contribution is 0.545. The molecule has 1 aromatic heterocycles. The summed E-state index contributed by atoms with van der Waals surface area (Å²) >= 11 is 1.52. The number of aryl methyl sites for hydroxylation is 2. The molecule has 1 aromatic carbocycles. The van der Waals surface area contributed by atoms with Crippen LogP contribution < -0.4 is 5.32 Å². The molecule has 0 spiro atoms. The van der Waals surface area contributed by atoms with Crippen molar-refractivity contribution < 1.29 is 13.2 Å². The van der Waals surface area contributed by atoms with E-state index in [2.05, 4.69) is 10.3 Å². The minimum absolute atomic E-state index is 0.334. The molecule has 0 aliphatic carbocycles. The van der Waals surface area contributed by atoms with E-state index in [1.54, 1.807) is 6.92 Å². The summed E-state index contributed by atoms with van der Waals surface area (Å²) in [6.45, 7) is 5.52. The van der Waals surface area contributed by atoms with Gasteiger partial charge in [-0.1, -0.05) is 0 Å². The zero-order valence-corrected chi connectivity index (χ0v) is 11.5. The van der Waals surface area contributed by atoms with E-state index in [4.69, 9.17) is 0 Å². The zero-order valence-electron chi connectivity index (χ0n) is 10.7. The molecule has 1 unspecified atom stereocenters. The van der Waals surface area contributed by atoms with Crippen LogP contribution in [0.1, 0.15) is 28.5 Å². The SMILES string of the molecule is Cc1nc(C(C)Nc2c(F)cc(F)cc2F)c(C)s1. The van der Waals surface area contributed by atoms with Crippen LogP contribution in [-0.4, -0.2) is 4.98 Å². The third-order valence-electron chi connectivity index (χ3n) is 2.72. The van der Waals surface area contributed by atoms with Crippen LogP contribution in [0.5, 0.6) is 0 Å². The molecule has 0 radical (unpaired) electrons. The van der Waals surface area contributed by atoms with Gasteiger partial charge in [-0.2, -0.15) is 0 Å². The van der Waals surface area contributed by atoms with Crippen molar-refractivity contribution in [1.29, 1.82) is 0 Å². The van der Waals surface area contributed by atoms with E-state index in [1.165, 1.54) is 11.3 Å². The molecule has 2 rings (SSSR count). The summed E-state index contributed by atoms with van der Waals surface area (Å²) in [4.78, 5) is 5.31. The molecule has 0 saturated heterocycles. The second kappa shape index (κ2) is 5.21. The molecule has 0 bridgehead atoms. The van der Waals surface area contributed by atoms with E-state index < -0.39 is 17.5 Å². The van der Waals surface area contributed by atoms with Crippen molar-refractivity contribution in [3.8, 4) is 0 Å². The number of thiazole rings is 1. The molecule has 1 N–H and O–H groups in total. The van der Waals surface area contributed by atoms with Crippen LogP contribution in [-0.2, 0) is 0 Å². The van der Waals surface area contributed by atoms with Gasteiger partial charge in [-0.3, -0.25) is 0 Å². The van der Waals surface area contributed by atoms with Crippen molar-refractivity contribution in [2.75, 3.05) is 5.32 Å². The van der Waals surface area contributed by atoms with Crippen LogP contribution in [0.15, 0.2) is 12.1 Å². The molecule has 6 heteroatoms. The Balaban J connectivity index is 2.29. The Labute approximate surface area is 113 Å². The molecular formula is C13H13F3N2S. The number of hydrogen-bond acceptors (Lipinski definition) is 3. The van der Waals surface area contributed by atoms with Gasteiger partial charge in [-0.05, 0) is 20.8 Å². The number of aromatic nitrogens is 1. The number of hydrogen-bond donors (Lipinski definition) is 1. The monoisotopic (exact) mass is 286 g/mol. The van der Waals surface area contributed by atoms with Gasteiger partial charge in [0.15, 0.2) is 11.6 Å². The van der Waals surface area contributed by atoms with Crippen LogP contribution in [0.3, 0.4) is 0 Å². The minimum atomic E-state index is -0.950. The molecule has 0 amide bonds. The smallest absolute Gasteiger partial charge is 0.152 e. The van der Waals surface area contributed by atoms with Crippen LogP contribution in [0.2, 0.25) is 0 Å². The van der Waals surface area contributed by atoms with Crippen molar-refractivity contribution in [2.45, 2.75) is 26.8 Å².